The molecule has 4 rings (SSSR count). The number of hydrogen-bond acceptors (Lipinski definition) is 2. The molecule has 0 fully saturated rings. The molecule has 1 aliphatic heterocycles. The van der Waals surface area contributed by atoms with Gasteiger partial charge in [-0.1, -0.05) is 60.7 Å². The Morgan fingerprint density at radius 1 is 0.962 bits per heavy atom. The maximum absolute atomic E-state index is 12.9. The summed E-state index contributed by atoms with van der Waals surface area (Å²) < 4.78 is 0. The summed E-state index contributed by atoms with van der Waals surface area (Å²) in [5.41, 5.74) is 4.83. The van der Waals surface area contributed by atoms with Crippen molar-refractivity contribution >= 4 is 5.91 Å². The lowest BCUT2D eigenvalue weighted by Gasteiger charge is -2.35. The van der Waals surface area contributed by atoms with Gasteiger partial charge in [0, 0.05) is 37.3 Å². The van der Waals surface area contributed by atoms with Gasteiger partial charge in [-0.2, -0.15) is 0 Å². The molecular weight excluding hydrogens is 320 g/mol. The van der Waals surface area contributed by atoms with Crippen molar-refractivity contribution < 1.29 is 4.79 Å². The molecule has 0 saturated heterocycles. The molecule has 0 saturated carbocycles. The van der Waals surface area contributed by atoms with Gasteiger partial charge in [0.1, 0.15) is 0 Å². The highest BCUT2D eigenvalue weighted by atomic mass is 16.2. The van der Waals surface area contributed by atoms with E-state index in [9.17, 15) is 4.79 Å². The molecule has 2 aromatic carbocycles. The fourth-order valence-electron chi connectivity index (χ4n) is 3.71. The lowest BCUT2D eigenvalue weighted by molar-refractivity contribution is -0.132. The third kappa shape index (κ3) is 3.52. The van der Waals surface area contributed by atoms with Crippen LogP contribution in [0.25, 0.3) is 0 Å². The number of amides is 1. The monoisotopic (exact) mass is 342 g/mol. The van der Waals surface area contributed by atoms with E-state index in [1.165, 1.54) is 16.7 Å². The minimum Gasteiger partial charge on any atom is -0.337 e. The molecule has 26 heavy (non-hydrogen) atoms. The summed E-state index contributed by atoms with van der Waals surface area (Å²) in [4.78, 5) is 19.2. The number of pyridine rings is 1. The van der Waals surface area contributed by atoms with E-state index in [4.69, 9.17) is 0 Å². The molecule has 1 amide bonds. The van der Waals surface area contributed by atoms with Gasteiger partial charge in [0.25, 0.3) is 0 Å². The molecule has 0 radical (unpaired) electrons. The van der Waals surface area contributed by atoms with Gasteiger partial charge >= 0.3 is 0 Å². The van der Waals surface area contributed by atoms with Crippen LogP contribution in [0.5, 0.6) is 0 Å². The van der Waals surface area contributed by atoms with E-state index < -0.39 is 0 Å². The number of fused-ring (bicyclic) bond motifs is 1. The average molecular weight is 342 g/mol. The maximum atomic E-state index is 12.9. The van der Waals surface area contributed by atoms with Gasteiger partial charge in [-0.3, -0.25) is 9.78 Å². The van der Waals surface area contributed by atoms with Crippen molar-refractivity contribution in [2.75, 3.05) is 6.54 Å². The quantitative estimate of drug-likeness (QED) is 0.712. The molecule has 0 N–H and O–H groups in total. The summed E-state index contributed by atoms with van der Waals surface area (Å²) in [7, 11) is 0. The van der Waals surface area contributed by atoms with Crippen molar-refractivity contribution in [1.29, 1.82) is 0 Å². The van der Waals surface area contributed by atoms with Crippen molar-refractivity contribution in [1.82, 2.24) is 9.88 Å². The molecule has 0 bridgehead atoms. The SMILES string of the molecule is O=C(CCc1ccccn1)N1Cc2ccccc2C(c2ccccc2)C1. The van der Waals surface area contributed by atoms with Crippen LogP contribution in [0.15, 0.2) is 79.0 Å². The molecule has 2 heterocycles. The maximum Gasteiger partial charge on any atom is 0.223 e. The second-order valence-electron chi connectivity index (χ2n) is 6.76. The van der Waals surface area contributed by atoms with Gasteiger partial charge in [0.15, 0.2) is 0 Å². The highest BCUT2D eigenvalue weighted by molar-refractivity contribution is 5.77. The molecule has 130 valence electrons. The number of nitrogens with zero attached hydrogens (tertiary/aromatic N) is 2. The molecule has 1 aromatic heterocycles. The topological polar surface area (TPSA) is 33.2 Å². The molecule has 3 heteroatoms. The number of benzene rings is 2. The molecule has 3 aromatic rings. The highest BCUT2D eigenvalue weighted by Crippen LogP contribution is 2.33. The standard InChI is InChI=1S/C23H22N2O/c26-23(14-13-20-11-6-7-15-24-20)25-16-19-10-4-5-12-21(19)22(17-25)18-8-2-1-3-9-18/h1-12,15,22H,13-14,16-17H2. The first-order valence-electron chi connectivity index (χ1n) is 9.11. The summed E-state index contributed by atoms with van der Waals surface area (Å²) >= 11 is 0. The lowest BCUT2D eigenvalue weighted by atomic mass is 9.84. The Morgan fingerprint density at radius 3 is 2.54 bits per heavy atom. The smallest absolute Gasteiger partial charge is 0.223 e. The van der Waals surface area contributed by atoms with E-state index in [0.717, 1.165) is 12.2 Å². The van der Waals surface area contributed by atoms with Crippen LogP contribution in [0.4, 0.5) is 0 Å². The van der Waals surface area contributed by atoms with Gasteiger partial charge in [0.05, 0.1) is 0 Å². The van der Waals surface area contributed by atoms with Crippen molar-refractivity contribution in [2.45, 2.75) is 25.3 Å². The summed E-state index contributed by atoms with van der Waals surface area (Å²) in [5, 5.41) is 0. The summed E-state index contributed by atoms with van der Waals surface area (Å²) in [5.74, 6) is 0.436. The Bertz CT molecular complexity index is 877. The number of carbonyl (C=O) groups excluding carboxylic acids is 1. The average Bonchev–Trinajstić information content (AvgIpc) is 2.72. The zero-order valence-corrected chi connectivity index (χ0v) is 14.7. The number of aromatic nitrogens is 1. The third-order valence-electron chi connectivity index (χ3n) is 5.07. The van der Waals surface area contributed by atoms with Crippen LogP contribution in [-0.4, -0.2) is 22.3 Å². The first kappa shape index (κ1) is 16.5. The zero-order valence-electron chi connectivity index (χ0n) is 14.7. The predicted octanol–water partition coefficient (Wildman–Crippen LogP) is 4.19. The zero-order chi connectivity index (χ0) is 17.8. The van der Waals surface area contributed by atoms with Gasteiger partial charge < -0.3 is 4.90 Å². The van der Waals surface area contributed by atoms with Crippen molar-refractivity contribution in [3.8, 4) is 0 Å². The Hall–Kier alpha value is -2.94. The molecule has 0 aliphatic carbocycles. The Morgan fingerprint density at radius 2 is 1.73 bits per heavy atom. The van der Waals surface area contributed by atoms with Gasteiger partial charge in [-0.05, 0) is 35.2 Å². The highest BCUT2D eigenvalue weighted by Gasteiger charge is 2.28. The Balaban J connectivity index is 1.54. The first-order chi connectivity index (χ1) is 12.8. The molecular formula is C23H22N2O. The van der Waals surface area contributed by atoms with Crippen LogP contribution in [0.3, 0.4) is 0 Å². The number of carbonyl (C=O) groups is 1. The molecule has 3 nitrogen and oxygen atoms in total. The lowest BCUT2D eigenvalue weighted by Crippen LogP contribution is -2.38. The van der Waals surface area contributed by atoms with Crippen molar-refractivity contribution in [3.05, 3.63) is 101 Å². The molecule has 1 unspecified atom stereocenters. The Kier molecular flexibility index (Phi) is 4.78. The number of rotatable bonds is 4. The van der Waals surface area contributed by atoms with Crippen LogP contribution in [-0.2, 0) is 17.8 Å². The largest absolute Gasteiger partial charge is 0.337 e. The second-order valence-corrected chi connectivity index (χ2v) is 6.76. The van der Waals surface area contributed by atoms with E-state index >= 15 is 0 Å². The first-order valence-corrected chi connectivity index (χ1v) is 9.11. The van der Waals surface area contributed by atoms with Gasteiger partial charge in [-0.15, -0.1) is 0 Å². The van der Waals surface area contributed by atoms with Crippen LogP contribution in [0.1, 0.15) is 34.7 Å². The van der Waals surface area contributed by atoms with Crippen LogP contribution < -0.4 is 0 Å². The minimum absolute atomic E-state index is 0.200. The normalized spacial score (nSPS) is 16.2. The van der Waals surface area contributed by atoms with Crippen LogP contribution in [0, 0.1) is 0 Å². The van der Waals surface area contributed by atoms with Crippen molar-refractivity contribution in [3.63, 3.8) is 0 Å². The van der Waals surface area contributed by atoms with E-state index in [0.29, 0.717) is 19.4 Å². The van der Waals surface area contributed by atoms with Crippen molar-refractivity contribution in [2.24, 2.45) is 0 Å². The fraction of sp³-hybridized carbons (Fsp3) is 0.217. The van der Waals surface area contributed by atoms with E-state index in [2.05, 4.69) is 53.5 Å². The third-order valence-corrected chi connectivity index (χ3v) is 5.07. The summed E-state index contributed by atoms with van der Waals surface area (Å²) in [6.45, 7) is 1.43. The van der Waals surface area contributed by atoms with Gasteiger partial charge in [-0.25, -0.2) is 0 Å². The van der Waals surface area contributed by atoms with E-state index in [1.54, 1.807) is 6.20 Å². The number of hydrogen-bond donors (Lipinski definition) is 0. The second kappa shape index (κ2) is 7.52. The Labute approximate surface area is 154 Å². The van der Waals surface area contributed by atoms with E-state index in [-0.39, 0.29) is 11.8 Å². The molecule has 1 atom stereocenters. The van der Waals surface area contributed by atoms with Crippen LogP contribution >= 0.6 is 0 Å². The van der Waals surface area contributed by atoms with E-state index in [1.807, 2.05) is 29.2 Å². The predicted molar refractivity (Wildman–Crippen MR) is 103 cm³/mol. The number of aryl methyl sites for hydroxylation is 1. The molecule has 0 spiro atoms. The summed E-state index contributed by atoms with van der Waals surface area (Å²) in [6, 6.07) is 24.8. The minimum atomic E-state index is 0.200. The summed E-state index contributed by atoms with van der Waals surface area (Å²) in [6.07, 6.45) is 2.97. The van der Waals surface area contributed by atoms with Crippen LogP contribution in [0.2, 0.25) is 0 Å². The van der Waals surface area contributed by atoms with Gasteiger partial charge in [0.2, 0.25) is 5.91 Å². The fourth-order valence-corrected chi connectivity index (χ4v) is 3.71. The molecule has 1 aliphatic rings.